The van der Waals surface area contributed by atoms with Crippen LogP contribution in [0.2, 0.25) is 0 Å². The molecule has 5 nitrogen and oxygen atoms in total. The van der Waals surface area contributed by atoms with Crippen molar-refractivity contribution < 1.29 is 23.8 Å². The van der Waals surface area contributed by atoms with Gasteiger partial charge < -0.3 is 14.2 Å². The largest absolute Gasteiger partial charge is 0.497 e. The van der Waals surface area contributed by atoms with Gasteiger partial charge in [-0.25, -0.2) is 4.79 Å². The molecule has 2 aromatic rings. The number of ether oxygens (including phenoxy) is 3. The Balaban J connectivity index is 1.95. The molecular weight excluding hydrogens is 308 g/mol. The molecule has 0 heterocycles. The molecule has 0 aromatic heterocycles. The number of methoxy groups -OCH3 is 2. The van der Waals surface area contributed by atoms with Crippen LogP contribution in [0, 0.1) is 0 Å². The molecule has 0 fully saturated rings. The molecule has 0 aliphatic rings. The number of benzene rings is 2. The van der Waals surface area contributed by atoms with Crippen LogP contribution in [-0.2, 0) is 9.53 Å². The Bertz CT molecular complexity index is 735. The molecule has 24 heavy (non-hydrogen) atoms. The fourth-order valence-corrected chi connectivity index (χ4v) is 2.02. The molecule has 124 valence electrons. The Morgan fingerprint density at radius 1 is 1.00 bits per heavy atom. The molecule has 0 spiro atoms. The maximum atomic E-state index is 12.2. The van der Waals surface area contributed by atoms with Gasteiger partial charge in [0.1, 0.15) is 11.5 Å². The van der Waals surface area contributed by atoms with E-state index in [1.165, 1.54) is 20.3 Å². The highest BCUT2D eigenvalue weighted by Crippen LogP contribution is 2.24. The number of carbonyl (C=O) groups excluding carboxylic acids is 2. The number of Topliss-reactive ketones (excluding diaryl/α,β-unsaturated/α-hetero) is 1. The first-order valence-electron chi connectivity index (χ1n) is 7.29. The fraction of sp³-hybridized carbons (Fsp3) is 0.158. The Kier molecular flexibility index (Phi) is 6.14. The summed E-state index contributed by atoms with van der Waals surface area (Å²) in [5.41, 5.74) is 1.20. The molecule has 0 aliphatic carbocycles. The Morgan fingerprint density at radius 3 is 2.42 bits per heavy atom. The third-order valence-corrected chi connectivity index (χ3v) is 3.27. The molecule has 0 saturated carbocycles. The van der Waals surface area contributed by atoms with Crippen molar-refractivity contribution in [3.05, 3.63) is 65.7 Å². The number of hydrogen-bond donors (Lipinski definition) is 0. The van der Waals surface area contributed by atoms with E-state index in [0.717, 1.165) is 5.56 Å². The highest BCUT2D eigenvalue weighted by molar-refractivity contribution is 6.01. The lowest BCUT2D eigenvalue weighted by Gasteiger charge is -2.09. The molecule has 0 amide bonds. The summed E-state index contributed by atoms with van der Waals surface area (Å²) in [6, 6.07) is 14.2. The number of hydrogen-bond acceptors (Lipinski definition) is 5. The summed E-state index contributed by atoms with van der Waals surface area (Å²) in [6.07, 6.45) is 2.91. The van der Waals surface area contributed by atoms with Gasteiger partial charge in [0.2, 0.25) is 5.78 Å². The molecule has 0 atom stereocenters. The van der Waals surface area contributed by atoms with Crippen LogP contribution in [0.15, 0.2) is 54.6 Å². The maximum Gasteiger partial charge on any atom is 0.331 e. The van der Waals surface area contributed by atoms with Gasteiger partial charge in [-0.05, 0) is 23.8 Å². The van der Waals surface area contributed by atoms with Crippen LogP contribution < -0.4 is 9.47 Å². The van der Waals surface area contributed by atoms with Crippen LogP contribution in [0.3, 0.4) is 0 Å². The van der Waals surface area contributed by atoms with Crippen LogP contribution in [0.25, 0.3) is 6.08 Å². The molecule has 5 heteroatoms. The van der Waals surface area contributed by atoms with Gasteiger partial charge in [-0.3, -0.25) is 4.79 Å². The van der Waals surface area contributed by atoms with Crippen LogP contribution in [-0.4, -0.2) is 32.6 Å². The zero-order valence-corrected chi connectivity index (χ0v) is 13.5. The molecular formula is C19H18O5. The van der Waals surface area contributed by atoms with Crippen molar-refractivity contribution >= 4 is 17.8 Å². The SMILES string of the molecule is COc1ccc(C(=O)COC(=O)/C=C/c2ccccc2)c(OC)c1. The average Bonchev–Trinajstić information content (AvgIpc) is 2.64. The zero-order chi connectivity index (χ0) is 17.4. The van der Waals surface area contributed by atoms with E-state index < -0.39 is 5.97 Å². The lowest BCUT2D eigenvalue weighted by atomic mass is 10.1. The number of ketones is 1. The van der Waals surface area contributed by atoms with Crippen LogP contribution in [0.1, 0.15) is 15.9 Å². The van der Waals surface area contributed by atoms with Crippen molar-refractivity contribution in [3.8, 4) is 11.5 Å². The summed E-state index contributed by atoms with van der Waals surface area (Å²) in [5.74, 6) is 0.0112. The summed E-state index contributed by atoms with van der Waals surface area (Å²) in [4.78, 5) is 23.9. The Labute approximate surface area is 140 Å². The van der Waals surface area contributed by atoms with Gasteiger partial charge in [0.15, 0.2) is 6.61 Å². The van der Waals surface area contributed by atoms with Gasteiger partial charge in [0, 0.05) is 12.1 Å². The van der Waals surface area contributed by atoms with Crippen molar-refractivity contribution in [1.29, 1.82) is 0 Å². The van der Waals surface area contributed by atoms with Gasteiger partial charge in [-0.2, -0.15) is 0 Å². The van der Waals surface area contributed by atoms with Crippen molar-refractivity contribution in [1.82, 2.24) is 0 Å². The molecule has 2 aromatic carbocycles. The van der Waals surface area contributed by atoms with Crippen molar-refractivity contribution in [3.63, 3.8) is 0 Å². The summed E-state index contributed by atoms with van der Waals surface area (Å²) < 4.78 is 15.2. The number of carbonyl (C=O) groups is 2. The highest BCUT2D eigenvalue weighted by Gasteiger charge is 2.14. The number of rotatable bonds is 7. The Morgan fingerprint density at radius 2 is 1.75 bits per heavy atom. The molecule has 0 unspecified atom stereocenters. The van der Waals surface area contributed by atoms with E-state index in [2.05, 4.69) is 0 Å². The quantitative estimate of drug-likeness (QED) is 0.444. The Hall–Kier alpha value is -3.08. The van der Waals surface area contributed by atoms with Gasteiger partial charge >= 0.3 is 5.97 Å². The van der Waals surface area contributed by atoms with Gasteiger partial charge in [-0.15, -0.1) is 0 Å². The smallest absolute Gasteiger partial charge is 0.331 e. The second-order valence-corrected chi connectivity index (χ2v) is 4.84. The second-order valence-electron chi connectivity index (χ2n) is 4.84. The standard InChI is InChI=1S/C19H18O5/c1-22-15-9-10-16(18(12-15)23-2)17(20)13-24-19(21)11-8-14-6-4-3-5-7-14/h3-12H,13H2,1-2H3/b11-8+. The fourth-order valence-electron chi connectivity index (χ4n) is 2.02. The summed E-state index contributed by atoms with van der Waals surface area (Å²) in [7, 11) is 2.98. The molecule has 0 bridgehead atoms. The summed E-state index contributed by atoms with van der Waals surface area (Å²) in [5, 5.41) is 0. The topological polar surface area (TPSA) is 61.8 Å². The predicted molar refractivity (Wildman–Crippen MR) is 90.3 cm³/mol. The van der Waals surface area contributed by atoms with Crippen LogP contribution >= 0.6 is 0 Å². The van der Waals surface area contributed by atoms with E-state index in [4.69, 9.17) is 14.2 Å². The summed E-state index contributed by atoms with van der Waals surface area (Å²) >= 11 is 0. The minimum absolute atomic E-state index is 0.332. The van der Waals surface area contributed by atoms with E-state index in [1.54, 1.807) is 24.3 Å². The molecule has 0 N–H and O–H groups in total. The minimum Gasteiger partial charge on any atom is -0.497 e. The third-order valence-electron chi connectivity index (χ3n) is 3.27. The second kappa shape index (κ2) is 8.53. The number of esters is 1. The molecule has 0 radical (unpaired) electrons. The van der Waals surface area contributed by atoms with Crippen LogP contribution in [0.4, 0.5) is 0 Å². The molecule has 0 saturated heterocycles. The maximum absolute atomic E-state index is 12.2. The predicted octanol–water partition coefficient (Wildman–Crippen LogP) is 3.14. The van der Waals surface area contributed by atoms with Gasteiger partial charge in [0.25, 0.3) is 0 Å². The monoisotopic (exact) mass is 326 g/mol. The van der Waals surface area contributed by atoms with E-state index in [1.807, 2.05) is 30.3 Å². The van der Waals surface area contributed by atoms with Gasteiger partial charge in [0.05, 0.1) is 19.8 Å². The molecule has 0 aliphatic heterocycles. The third kappa shape index (κ3) is 4.71. The average molecular weight is 326 g/mol. The minimum atomic E-state index is -0.584. The normalized spacial score (nSPS) is 10.4. The van der Waals surface area contributed by atoms with E-state index in [-0.39, 0.29) is 12.4 Å². The first kappa shape index (κ1) is 17.3. The lowest BCUT2D eigenvalue weighted by molar-refractivity contribution is -0.136. The first-order valence-corrected chi connectivity index (χ1v) is 7.29. The van der Waals surface area contributed by atoms with Gasteiger partial charge in [-0.1, -0.05) is 30.3 Å². The van der Waals surface area contributed by atoms with Crippen molar-refractivity contribution in [2.45, 2.75) is 0 Å². The highest BCUT2D eigenvalue weighted by atomic mass is 16.5. The van der Waals surface area contributed by atoms with Crippen molar-refractivity contribution in [2.24, 2.45) is 0 Å². The molecule has 2 rings (SSSR count). The van der Waals surface area contributed by atoms with E-state index >= 15 is 0 Å². The van der Waals surface area contributed by atoms with Crippen LogP contribution in [0.5, 0.6) is 11.5 Å². The van der Waals surface area contributed by atoms with Crippen molar-refractivity contribution in [2.75, 3.05) is 20.8 Å². The lowest BCUT2D eigenvalue weighted by Crippen LogP contribution is -2.13. The van der Waals surface area contributed by atoms with E-state index in [0.29, 0.717) is 17.1 Å². The first-order chi connectivity index (χ1) is 11.6. The summed E-state index contributed by atoms with van der Waals surface area (Å²) in [6.45, 7) is -0.360. The zero-order valence-electron chi connectivity index (χ0n) is 13.5. The van der Waals surface area contributed by atoms with E-state index in [9.17, 15) is 9.59 Å².